The third kappa shape index (κ3) is 2.63. The van der Waals surface area contributed by atoms with Crippen LogP contribution in [0.3, 0.4) is 0 Å². The summed E-state index contributed by atoms with van der Waals surface area (Å²) in [5.41, 5.74) is 2.03. The van der Waals surface area contributed by atoms with Gasteiger partial charge in [-0.15, -0.1) is 11.3 Å². The van der Waals surface area contributed by atoms with Gasteiger partial charge in [-0.25, -0.2) is 4.98 Å². The summed E-state index contributed by atoms with van der Waals surface area (Å²) in [7, 11) is 1.91. The fourth-order valence-electron chi connectivity index (χ4n) is 1.36. The summed E-state index contributed by atoms with van der Waals surface area (Å²) < 4.78 is 0.980. The van der Waals surface area contributed by atoms with Gasteiger partial charge < -0.3 is 5.32 Å². The molecule has 2 nitrogen and oxygen atoms in total. The van der Waals surface area contributed by atoms with E-state index in [1.165, 1.54) is 0 Å². The number of halogens is 2. The van der Waals surface area contributed by atoms with Gasteiger partial charge in [0.2, 0.25) is 0 Å². The molecule has 2 rings (SSSR count). The molecule has 0 saturated heterocycles. The summed E-state index contributed by atoms with van der Waals surface area (Å²) >= 11 is 11.2. The summed E-state index contributed by atoms with van der Waals surface area (Å²) in [6, 6.07) is 5.84. The van der Waals surface area contributed by atoms with Crippen molar-refractivity contribution >= 4 is 38.9 Å². The van der Waals surface area contributed by atoms with E-state index >= 15 is 0 Å². The predicted molar refractivity (Wildman–Crippen MR) is 73.0 cm³/mol. The number of rotatable bonds is 3. The molecule has 84 valence electrons. The largest absolute Gasteiger partial charge is 0.314 e. The van der Waals surface area contributed by atoms with Crippen molar-refractivity contribution in [2.45, 2.75) is 6.54 Å². The summed E-state index contributed by atoms with van der Waals surface area (Å²) in [4.78, 5) is 4.52. The Kier molecular flexibility index (Phi) is 3.97. The van der Waals surface area contributed by atoms with Crippen LogP contribution in [0.4, 0.5) is 0 Å². The highest BCUT2D eigenvalue weighted by Crippen LogP contribution is 2.32. The van der Waals surface area contributed by atoms with Gasteiger partial charge in [0, 0.05) is 22.0 Å². The molecule has 0 fully saturated rings. The van der Waals surface area contributed by atoms with Crippen molar-refractivity contribution in [3.05, 3.63) is 38.8 Å². The fraction of sp³-hybridized carbons (Fsp3) is 0.182. The van der Waals surface area contributed by atoms with Gasteiger partial charge in [-0.05, 0) is 25.2 Å². The second-order valence-electron chi connectivity index (χ2n) is 3.30. The summed E-state index contributed by atoms with van der Waals surface area (Å²) in [6.07, 6.45) is 0. The minimum Gasteiger partial charge on any atom is -0.314 e. The van der Waals surface area contributed by atoms with Crippen molar-refractivity contribution in [2.75, 3.05) is 7.05 Å². The molecule has 0 amide bonds. The summed E-state index contributed by atoms with van der Waals surface area (Å²) in [5, 5.41) is 6.80. The molecule has 0 bridgehead atoms. The Bertz CT molecular complexity index is 498. The van der Waals surface area contributed by atoms with Gasteiger partial charge in [-0.1, -0.05) is 27.5 Å². The van der Waals surface area contributed by atoms with Crippen LogP contribution in [0.5, 0.6) is 0 Å². The molecule has 0 atom stereocenters. The van der Waals surface area contributed by atoms with E-state index in [1.807, 2.05) is 30.6 Å². The second-order valence-corrected chi connectivity index (χ2v) is 5.48. The third-order valence-corrected chi connectivity index (χ3v) is 3.80. The summed E-state index contributed by atoms with van der Waals surface area (Å²) in [5.74, 6) is 0. The molecule has 0 unspecified atom stereocenters. The highest BCUT2D eigenvalue weighted by molar-refractivity contribution is 9.10. The lowest BCUT2D eigenvalue weighted by molar-refractivity contribution is 0.798. The molecule has 1 aromatic heterocycles. The molecule has 1 N–H and O–H groups in total. The standard InChI is InChI=1S/C11H10BrClN2S/c1-14-5-8-6-16-11(15-8)9-3-2-7(12)4-10(9)13/h2-4,6,14H,5H2,1H3. The van der Waals surface area contributed by atoms with Crippen LogP contribution < -0.4 is 5.32 Å². The number of thiazole rings is 1. The van der Waals surface area contributed by atoms with Gasteiger partial charge in [0.1, 0.15) is 5.01 Å². The topological polar surface area (TPSA) is 24.9 Å². The number of hydrogen-bond acceptors (Lipinski definition) is 3. The van der Waals surface area contributed by atoms with E-state index in [1.54, 1.807) is 11.3 Å². The van der Waals surface area contributed by atoms with Crippen LogP contribution >= 0.6 is 38.9 Å². The first-order valence-electron chi connectivity index (χ1n) is 4.75. The molecule has 0 aliphatic carbocycles. The monoisotopic (exact) mass is 316 g/mol. The third-order valence-electron chi connectivity index (χ3n) is 2.07. The Labute approximate surface area is 112 Å². The Balaban J connectivity index is 2.35. The highest BCUT2D eigenvalue weighted by atomic mass is 79.9. The zero-order valence-corrected chi connectivity index (χ0v) is 11.8. The minimum absolute atomic E-state index is 0.722. The van der Waals surface area contributed by atoms with E-state index in [2.05, 4.69) is 26.2 Å². The molecule has 5 heteroatoms. The number of aromatic nitrogens is 1. The SMILES string of the molecule is CNCc1csc(-c2ccc(Br)cc2Cl)n1. The van der Waals surface area contributed by atoms with Crippen molar-refractivity contribution in [1.29, 1.82) is 0 Å². The molecule has 16 heavy (non-hydrogen) atoms. The van der Waals surface area contributed by atoms with Crippen LogP contribution in [0.15, 0.2) is 28.1 Å². The van der Waals surface area contributed by atoms with Gasteiger partial charge >= 0.3 is 0 Å². The Hall–Kier alpha value is -0.420. The molecule has 1 heterocycles. The predicted octanol–water partition coefficient (Wildman–Crippen LogP) is 3.95. The Morgan fingerprint density at radius 3 is 3.00 bits per heavy atom. The normalized spacial score (nSPS) is 10.7. The molecule has 0 aliphatic rings. The lowest BCUT2D eigenvalue weighted by Gasteiger charge is -2.00. The molecule has 0 spiro atoms. The molecule has 2 aromatic rings. The molecule has 0 saturated carbocycles. The second kappa shape index (κ2) is 5.27. The average molecular weight is 318 g/mol. The van der Waals surface area contributed by atoms with Gasteiger partial charge in [-0.2, -0.15) is 0 Å². The quantitative estimate of drug-likeness (QED) is 0.927. The maximum atomic E-state index is 6.17. The van der Waals surface area contributed by atoms with Gasteiger partial charge in [0.25, 0.3) is 0 Å². The van der Waals surface area contributed by atoms with Gasteiger partial charge in [0.05, 0.1) is 10.7 Å². The first-order valence-corrected chi connectivity index (χ1v) is 6.80. The van der Waals surface area contributed by atoms with Crippen LogP contribution in [0.1, 0.15) is 5.69 Å². The van der Waals surface area contributed by atoms with Crippen molar-refractivity contribution in [1.82, 2.24) is 10.3 Å². The van der Waals surface area contributed by atoms with E-state index < -0.39 is 0 Å². The Morgan fingerprint density at radius 2 is 2.31 bits per heavy atom. The van der Waals surface area contributed by atoms with Crippen LogP contribution in [-0.4, -0.2) is 12.0 Å². The van der Waals surface area contributed by atoms with Gasteiger partial charge in [-0.3, -0.25) is 0 Å². The highest BCUT2D eigenvalue weighted by Gasteiger charge is 2.08. The fourth-order valence-corrected chi connectivity index (χ4v) is 3.03. The molecule has 0 radical (unpaired) electrons. The zero-order valence-electron chi connectivity index (χ0n) is 8.63. The van der Waals surface area contributed by atoms with Crippen LogP contribution in [-0.2, 0) is 6.54 Å². The van der Waals surface area contributed by atoms with E-state index in [9.17, 15) is 0 Å². The van der Waals surface area contributed by atoms with E-state index in [0.29, 0.717) is 0 Å². The van der Waals surface area contributed by atoms with Gasteiger partial charge in [0.15, 0.2) is 0 Å². The lowest BCUT2D eigenvalue weighted by atomic mass is 10.2. The molecule has 0 aliphatic heterocycles. The van der Waals surface area contributed by atoms with Crippen LogP contribution in [0.25, 0.3) is 10.6 Å². The van der Waals surface area contributed by atoms with Crippen LogP contribution in [0, 0.1) is 0 Å². The maximum Gasteiger partial charge on any atom is 0.125 e. The van der Waals surface area contributed by atoms with E-state index in [4.69, 9.17) is 11.6 Å². The number of nitrogens with one attached hydrogen (secondary N) is 1. The number of nitrogens with zero attached hydrogens (tertiary/aromatic N) is 1. The van der Waals surface area contributed by atoms with Crippen molar-refractivity contribution in [2.24, 2.45) is 0 Å². The van der Waals surface area contributed by atoms with Crippen molar-refractivity contribution in [3.63, 3.8) is 0 Å². The molecular formula is C11H10BrClN2S. The average Bonchev–Trinajstić information content (AvgIpc) is 2.67. The zero-order chi connectivity index (χ0) is 11.5. The number of hydrogen-bond donors (Lipinski definition) is 1. The van der Waals surface area contributed by atoms with E-state index in [0.717, 1.165) is 32.3 Å². The Morgan fingerprint density at radius 1 is 1.50 bits per heavy atom. The first-order chi connectivity index (χ1) is 7.70. The minimum atomic E-state index is 0.722. The maximum absolute atomic E-state index is 6.17. The first kappa shape index (κ1) is 12.0. The molecule has 1 aromatic carbocycles. The number of benzene rings is 1. The van der Waals surface area contributed by atoms with Crippen LogP contribution in [0.2, 0.25) is 5.02 Å². The van der Waals surface area contributed by atoms with Crippen molar-refractivity contribution in [3.8, 4) is 10.6 Å². The molecular weight excluding hydrogens is 308 g/mol. The van der Waals surface area contributed by atoms with Crippen molar-refractivity contribution < 1.29 is 0 Å². The van der Waals surface area contributed by atoms with E-state index in [-0.39, 0.29) is 0 Å². The lowest BCUT2D eigenvalue weighted by Crippen LogP contribution is -2.04. The summed E-state index contributed by atoms with van der Waals surface area (Å²) in [6.45, 7) is 0.782. The smallest absolute Gasteiger partial charge is 0.125 e.